The quantitative estimate of drug-likeness (QED) is 0.337. The summed E-state index contributed by atoms with van der Waals surface area (Å²) in [6, 6.07) is -0.0892. The predicted molar refractivity (Wildman–Crippen MR) is 118 cm³/mol. The van der Waals surface area contributed by atoms with Crippen LogP contribution in [0.1, 0.15) is 66.8 Å². The Hall–Kier alpha value is -1.00. The highest BCUT2D eigenvalue weighted by atomic mass is 35.5. The van der Waals surface area contributed by atoms with Gasteiger partial charge in [-0.25, -0.2) is 14.6 Å². The molecule has 1 saturated heterocycles. The molecule has 2 aromatic heterocycles. The molecule has 4 atom stereocenters. The van der Waals surface area contributed by atoms with E-state index in [1.165, 1.54) is 0 Å². The van der Waals surface area contributed by atoms with Crippen molar-refractivity contribution >= 4 is 34.5 Å². The fourth-order valence-electron chi connectivity index (χ4n) is 3.84. The summed E-state index contributed by atoms with van der Waals surface area (Å²) in [6.07, 6.45) is 2.34. The SMILES string of the molecule is CC.CCCOC1CC(n2nnc3c(Cl)nc(SCCC)nc32)[C@@H]2OC(C)(C)O[C@H]12. The van der Waals surface area contributed by atoms with Gasteiger partial charge in [-0.2, -0.15) is 0 Å². The van der Waals surface area contributed by atoms with E-state index in [0.29, 0.717) is 28.1 Å². The van der Waals surface area contributed by atoms with Crippen molar-refractivity contribution in [1.29, 1.82) is 0 Å². The normalized spacial score (nSPS) is 27.2. The molecule has 3 heterocycles. The molecule has 30 heavy (non-hydrogen) atoms. The van der Waals surface area contributed by atoms with Crippen LogP contribution >= 0.6 is 23.4 Å². The third kappa shape index (κ3) is 4.75. The summed E-state index contributed by atoms with van der Waals surface area (Å²) < 4.78 is 20.3. The van der Waals surface area contributed by atoms with Crippen molar-refractivity contribution in [3.63, 3.8) is 0 Å². The molecule has 10 heteroatoms. The van der Waals surface area contributed by atoms with Crippen molar-refractivity contribution in [2.75, 3.05) is 12.4 Å². The van der Waals surface area contributed by atoms with Crippen LogP contribution in [-0.2, 0) is 14.2 Å². The lowest BCUT2D eigenvalue weighted by molar-refractivity contribution is -0.170. The second-order valence-corrected chi connectivity index (χ2v) is 9.05. The number of hydrogen-bond donors (Lipinski definition) is 0. The second-order valence-electron chi connectivity index (χ2n) is 7.63. The molecule has 2 fully saturated rings. The van der Waals surface area contributed by atoms with Crippen molar-refractivity contribution < 1.29 is 14.2 Å². The smallest absolute Gasteiger partial charge is 0.191 e. The average Bonchev–Trinajstić information content (AvgIpc) is 3.37. The number of ether oxygens (including phenoxy) is 3. The first kappa shape index (κ1) is 23.7. The molecule has 8 nitrogen and oxygen atoms in total. The minimum absolute atomic E-state index is 0.0535. The summed E-state index contributed by atoms with van der Waals surface area (Å²) in [6.45, 7) is 12.8. The summed E-state index contributed by atoms with van der Waals surface area (Å²) in [5.74, 6) is 0.266. The summed E-state index contributed by atoms with van der Waals surface area (Å²) in [5, 5.41) is 9.56. The van der Waals surface area contributed by atoms with Crippen LogP contribution in [0.25, 0.3) is 11.2 Å². The molecule has 2 aliphatic rings. The largest absolute Gasteiger partial charge is 0.375 e. The monoisotopic (exact) mass is 457 g/mol. The van der Waals surface area contributed by atoms with E-state index in [1.807, 2.05) is 32.4 Å². The van der Waals surface area contributed by atoms with Gasteiger partial charge in [-0.1, -0.05) is 56.3 Å². The Morgan fingerprint density at radius 2 is 1.90 bits per heavy atom. The highest BCUT2D eigenvalue weighted by molar-refractivity contribution is 7.99. The standard InChI is InChI=1S/C18H26ClN5O3S.C2H6/c1-5-7-25-11-9-10(13-14(11)27-18(3,4)26-13)24-16-12(22-23-24)15(19)20-17(21-16)28-8-6-2;1-2/h10-11,13-14H,5-9H2,1-4H3;1-2H3/t10?,11?,13-,14+;/m0./s1. The fraction of sp³-hybridized carbons (Fsp3) is 0.800. The van der Waals surface area contributed by atoms with E-state index in [1.54, 1.807) is 11.8 Å². The molecule has 2 unspecified atom stereocenters. The maximum absolute atomic E-state index is 6.35. The molecule has 0 radical (unpaired) electrons. The molecule has 0 spiro atoms. The Labute approximate surface area is 187 Å². The first-order chi connectivity index (χ1) is 14.4. The molecule has 2 aromatic rings. The molecule has 4 rings (SSSR count). The molecule has 1 aliphatic carbocycles. The molecule has 0 aromatic carbocycles. The molecular formula is C20H32ClN5O3S. The van der Waals surface area contributed by atoms with Crippen LogP contribution in [-0.4, -0.2) is 61.4 Å². The third-order valence-electron chi connectivity index (χ3n) is 4.93. The van der Waals surface area contributed by atoms with E-state index in [2.05, 4.69) is 34.1 Å². The summed E-state index contributed by atoms with van der Waals surface area (Å²) >= 11 is 7.93. The lowest BCUT2D eigenvalue weighted by Gasteiger charge is -2.23. The lowest BCUT2D eigenvalue weighted by Crippen LogP contribution is -2.31. The molecule has 168 valence electrons. The molecule has 0 amide bonds. The topological polar surface area (TPSA) is 84.2 Å². The summed E-state index contributed by atoms with van der Waals surface area (Å²) in [7, 11) is 0. The van der Waals surface area contributed by atoms with Crippen molar-refractivity contribution in [2.24, 2.45) is 0 Å². The van der Waals surface area contributed by atoms with Gasteiger partial charge in [0.05, 0.1) is 12.1 Å². The number of halogens is 1. The molecule has 1 aliphatic heterocycles. The van der Waals surface area contributed by atoms with Gasteiger partial charge in [0, 0.05) is 18.8 Å². The van der Waals surface area contributed by atoms with Crippen molar-refractivity contribution in [3.05, 3.63) is 5.15 Å². The minimum Gasteiger partial charge on any atom is -0.375 e. The lowest BCUT2D eigenvalue weighted by atomic mass is 10.2. The Balaban J connectivity index is 0.00000124. The number of nitrogens with zero attached hydrogens (tertiary/aromatic N) is 5. The van der Waals surface area contributed by atoms with E-state index < -0.39 is 5.79 Å². The average molecular weight is 458 g/mol. The van der Waals surface area contributed by atoms with Crippen LogP contribution in [0.2, 0.25) is 5.15 Å². The molecule has 0 bridgehead atoms. The van der Waals surface area contributed by atoms with Gasteiger partial charge in [0.2, 0.25) is 0 Å². The zero-order valence-electron chi connectivity index (χ0n) is 18.6. The van der Waals surface area contributed by atoms with Gasteiger partial charge in [0.25, 0.3) is 0 Å². The van der Waals surface area contributed by atoms with Gasteiger partial charge in [-0.15, -0.1) is 5.10 Å². The summed E-state index contributed by atoms with van der Waals surface area (Å²) in [5.41, 5.74) is 1.14. The first-order valence-corrected chi connectivity index (χ1v) is 12.2. The number of hydrogen-bond acceptors (Lipinski definition) is 8. The van der Waals surface area contributed by atoms with E-state index in [0.717, 1.165) is 25.0 Å². The van der Waals surface area contributed by atoms with Crippen LogP contribution in [0.4, 0.5) is 0 Å². The van der Waals surface area contributed by atoms with Crippen molar-refractivity contribution in [3.8, 4) is 0 Å². The Morgan fingerprint density at radius 1 is 1.17 bits per heavy atom. The van der Waals surface area contributed by atoms with Crippen LogP contribution in [0.5, 0.6) is 0 Å². The number of fused-ring (bicyclic) bond motifs is 2. The van der Waals surface area contributed by atoms with E-state index in [-0.39, 0.29) is 24.4 Å². The van der Waals surface area contributed by atoms with Crippen LogP contribution in [0, 0.1) is 0 Å². The Bertz CT molecular complexity index is 849. The first-order valence-electron chi connectivity index (χ1n) is 10.8. The zero-order chi connectivity index (χ0) is 21.9. The third-order valence-corrected chi connectivity index (χ3v) is 6.25. The van der Waals surface area contributed by atoms with Crippen LogP contribution < -0.4 is 0 Å². The highest BCUT2D eigenvalue weighted by Crippen LogP contribution is 2.45. The zero-order valence-corrected chi connectivity index (χ0v) is 20.2. The Kier molecular flexibility index (Phi) is 7.95. The molecular weight excluding hydrogens is 426 g/mol. The van der Waals surface area contributed by atoms with Gasteiger partial charge in [0.1, 0.15) is 12.2 Å². The Morgan fingerprint density at radius 3 is 2.60 bits per heavy atom. The maximum Gasteiger partial charge on any atom is 0.191 e. The van der Waals surface area contributed by atoms with Gasteiger partial charge in [-0.3, -0.25) is 0 Å². The van der Waals surface area contributed by atoms with Crippen LogP contribution in [0.15, 0.2) is 5.16 Å². The molecule has 0 N–H and O–H groups in total. The number of thioether (sulfide) groups is 1. The predicted octanol–water partition coefficient (Wildman–Crippen LogP) is 4.66. The van der Waals surface area contributed by atoms with Gasteiger partial charge in [-0.05, 0) is 26.7 Å². The van der Waals surface area contributed by atoms with Gasteiger partial charge >= 0.3 is 0 Å². The van der Waals surface area contributed by atoms with Crippen molar-refractivity contribution in [2.45, 2.75) is 96.1 Å². The van der Waals surface area contributed by atoms with Crippen LogP contribution in [0.3, 0.4) is 0 Å². The minimum atomic E-state index is -0.660. The van der Waals surface area contributed by atoms with Gasteiger partial charge in [0.15, 0.2) is 27.3 Å². The van der Waals surface area contributed by atoms with Crippen molar-refractivity contribution in [1.82, 2.24) is 25.0 Å². The van der Waals surface area contributed by atoms with E-state index in [9.17, 15) is 0 Å². The van der Waals surface area contributed by atoms with Gasteiger partial charge < -0.3 is 14.2 Å². The van der Waals surface area contributed by atoms with E-state index in [4.69, 9.17) is 25.8 Å². The highest BCUT2D eigenvalue weighted by Gasteiger charge is 2.56. The number of rotatable bonds is 7. The fourth-order valence-corrected chi connectivity index (χ4v) is 4.79. The van der Waals surface area contributed by atoms with E-state index >= 15 is 0 Å². The maximum atomic E-state index is 6.35. The molecule has 1 saturated carbocycles. The number of aromatic nitrogens is 5. The second kappa shape index (κ2) is 10.1. The summed E-state index contributed by atoms with van der Waals surface area (Å²) in [4.78, 5) is 9.03.